The lowest BCUT2D eigenvalue weighted by atomic mass is 10.1. The zero-order valence-corrected chi connectivity index (χ0v) is 18.4. The molecule has 0 spiro atoms. The van der Waals surface area contributed by atoms with Crippen LogP contribution in [0.15, 0.2) is 30.3 Å². The van der Waals surface area contributed by atoms with E-state index in [0.717, 1.165) is 6.07 Å². The highest BCUT2D eigenvalue weighted by Gasteiger charge is 2.19. The van der Waals surface area contributed by atoms with Crippen molar-refractivity contribution >= 4 is 23.4 Å². The Morgan fingerprint density at radius 1 is 0.903 bits per heavy atom. The number of anilines is 2. The van der Waals surface area contributed by atoms with E-state index in [1.165, 1.54) is 33.5 Å². The summed E-state index contributed by atoms with van der Waals surface area (Å²) in [6.45, 7) is 5.16. The van der Waals surface area contributed by atoms with Gasteiger partial charge in [0.2, 0.25) is 11.7 Å². The Balaban J connectivity index is 2.21. The van der Waals surface area contributed by atoms with Crippen molar-refractivity contribution < 1.29 is 32.9 Å². The zero-order chi connectivity index (χ0) is 23.2. The summed E-state index contributed by atoms with van der Waals surface area (Å²) >= 11 is 0. The molecule has 0 aliphatic heterocycles. The van der Waals surface area contributed by atoms with Gasteiger partial charge < -0.3 is 24.3 Å². The molecule has 0 atom stereocenters. The van der Waals surface area contributed by atoms with Gasteiger partial charge in [0, 0.05) is 0 Å². The van der Waals surface area contributed by atoms with E-state index in [-0.39, 0.29) is 17.8 Å². The van der Waals surface area contributed by atoms with E-state index < -0.39 is 23.4 Å². The highest BCUT2D eigenvalue weighted by molar-refractivity contribution is 5.98. The van der Waals surface area contributed by atoms with E-state index in [2.05, 4.69) is 10.6 Å². The van der Waals surface area contributed by atoms with Crippen molar-refractivity contribution in [3.63, 3.8) is 0 Å². The lowest BCUT2D eigenvalue weighted by Gasteiger charge is -2.20. The molecule has 0 saturated carbocycles. The predicted octanol–water partition coefficient (Wildman–Crippen LogP) is 4.38. The molecule has 0 radical (unpaired) electrons. The first-order valence-corrected chi connectivity index (χ1v) is 9.44. The number of rotatable bonds is 7. The summed E-state index contributed by atoms with van der Waals surface area (Å²) in [7, 11) is 4.43. The van der Waals surface area contributed by atoms with Gasteiger partial charge in [-0.05, 0) is 56.7 Å². The molecule has 2 aromatic rings. The van der Waals surface area contributed by atoms with Gasteiger partial charge >= 0.3 is 6.09 Å². The molecule has 31 heavy (non-hydrogen) atoms. The first kappa shape index (κ1) is 23.8. The molecule has 0 heterocycles. The second kappa shape index (κ2) is 10.0. The van der Waals surface area contributed by atoms with E-state index in [1.807, 2.05) is 0 Å². The van der Waals surface area contributed by atoms with Crippen LogP contribution in [-0.2, 0) is 16.0 Å². The highest BCUT2D eigenvalue weighted by Crippen LogP contribution is 2.38. The minimum atomic E-state index is -0.723. The van der Waals surface area contributed by atoms with Crippen molar-refractivity contribution in [3.05, 3.63) is 41.7 Å². The molecule has 8 nitrogen and oxygen atoms in total. The van der Waals surface area contributed by atoms with Crippen LogP contribution in [0, 0.1) is 5.82 Å². The van der Waals surface area contributed by atoms with Gasteiger partial charge in [-0.3, -0.25) is 10.1 Å². The van der Waals surface area contributed by atoms with E-state index >= 15 is 0 Å². The summed E-state index contributed by atoms with van der Waals surface area (Å²) in [5.74, 6) is 0.207. The number of benzene rings is 2. The molecular formula is C22H27FN2O6. The highest BCUT2D eigenvalue weighted by atomic mass is 19.1. The van der Waals surface area contributed by atoms with Gasteiger partial charge in [0.1, 0.15) is 11.4 Å². The number of ether oxygens (including phenoxy) is 4. The third kappa shape index (κ3) is 6.77. The largest absolute Gasteiger partial charge is 0.493 e. The number of halogens is 1. The molecule has 0 bridgehead atoms. The van der Waals surface area contributed by atoms with Gasteiger partial charge in [-0.1, -0.05) is 0 Å². The standard InChI is InChI=1S/C22H27FN2O6/c1-22(2,3)31-21(27)25-15-8-7-14(23)12-16(15)24-19(26)11-13-9-17(28-4)20(30-6)18(10-13)29-5/h7-10,12H,11H2,1-6H3,(H,24,26)(H,25,27). The zero-order valence-electron chi connectivity index (χ0n) is 18.4. The van der Waals surface area contributed by atoms with Crippen molar-refractivity contribution in [2.24, 2.45) is 0 Å². The molecule has 168 valence electrons. The number of hydrogen-bond donors (Lipinski definition) is 2. The second-order valence-electron chi connectivity index (χ2n) is 7.58. The van der Waals surface area contributed by atoms with Crippen LogP contribution in [-0.4, -0.2) is 38.9 Å². The van der Waals surface area contributed by atoms with Crippen molar-refractivity contribution in [1.29, 1.82) is 0 Å². The Bertz CT molecular complexity index is 930. The summed E-state index contributed by atoms with van der Waals surface area (Å²) < 4.78 is 34.8. The molecule has 0 saturated heterocycles. The predicted molar refractivity (Wildman–Crippen MR) is 115 cm³/mol. The van der Waals surface area contributed by atoms with Crippen LogP contribution in [0.2, 0.25) is 0 Å². The first-order chi connectivity index (χ1) is 14.6. The molecule has 9 heteroatoms. The molecule has 2 rings (SSSR count). The molecular weight excluding hydrogens is 407 g/mol. The number of carbonyl (C=O) groups excluding carboxylic acids is 2. The topological polar surface area (TPSA) is 95.1 Å². The molecule has 2 aromatic carbocycles. The normalized spacial score (nSPS) is 10.8. The summed E-state index contributed by atoms with van der Waals surface area (Å²) in [5.41, 5.74) is 0.183. The van der Waals surface area contributed by atoms with Crippen molar-refractivity contribution in [2.45, 2.75) is 32.8 Å². The number of methoxy groups -OCH3 is 3. The van der Waals surface area contributed by atoms with Crippen LogP contribution in [0.3, 0.4) is 0 Å². The fourth-order valence-electron chi connectivity index (χ4n) is 2.76. The number of amides is 2. The van der Waals surface area contributed by atoms with E-state index in [9.17, 15) is 14.0 Å². The van der Waals surface area contributed by atoms with E-state index in [0.29, 0.717) is 22.8 Å². The molecule has 0 aromatic heterocycles. The smallest absolute Gasteiger partial charge is 0.412 e. The summed E-state index contributed by atoms with van der Waals surface area (Å²) in [5, 5.41) is 5.13. The van der Waals surface area contributed by atoms with Gasteiger partial charge in [0.05, 0.1) is 39.1 Å². The van der Waals surface area contributed by atoms with Crippen LogP contribution >= 0.6 is 0 Å². The lowest BCUT2D eigenvalue weighted by Crippen LogP contribution is -2.27. The van der Waals surface area contributed by atoms with Gasteiger partial charge in [-0.2, -0.15) is 0 Å². The molecule has 0 fully saturated rings. The van der Waals surface area contributed by atoms with E-state index in [1.54, 1.807) is 32.9 Å². The number of hydrogen-bond acceptors (Lipinski definition) is 6. The molecule has 2 N–H and O–H groups in total. The SMILES string of the molecule is COc1cc(CC(=O)Nc2cc(F)ccc2NC(=O)OC(C)(C)C)cc(OC)c1OC. The van der Waals surface area contributed by atoms with Gasteiger partial charge in [0.15, 0.2) is 11.5 Å². The van der Waals surface area contributed by atoms with Gasteiger partial charge in [0.25, 0.3) is 0 Å². The molecule has 0 aliphatic carbocycles. The third-order valence-corrected chi connectivity index (χ3v) is 3.98. The van der Waals surface area contributed by atoms with E-state index in [4.69, 9.17) is 18.9 Å². The number of nitrogens with one attached hydrogen (secondary N) is 2. The average molecular weight is 434 g/mol. The van der Waals surface area contributed by atoms with Crippen molar-refractivity contribution in [1.82, 2.24) is 0 Å². The monoisotopic (exact) mass is 434 g/mol. The third-order valence-electron chi connectivity index (χ3n) is 3.98. The Morgan fingerprint density at radius 2 is 1.52 bits per heavy atom. The Labute approximate surface area is 180 Å². The van der Waals surface area contributed by atoms with Crippen molar-refractivity contribution in [2.75, 3.05) is 32.0 Å². The average Bonchev–Trinajstić information content (AvgIpc) is 2.67. The minimum absolute atomic E-state index is 0.0564. The summed E-state index contributed by atoms with van der Waals surface area (Å²) in [4.78, 5) is 24.7. The Kier molecular flexibility index (Phi) is 7.68. The Hall–Kier alpha value is -3.49. The maximum Gasteiger partial charge on any atom is 0.412 e. The van der Waals surface area contributed by atoms with Crippen LogP contribution in [0.5, 0.6) is 17.2 Å². The first-order valence-electron chi connectivity index (χ1n) is 9.44. The van der Waals surface area contributed by atoms with Gasteiger partial charge in [-0.15, -0.1) is 0 Å². The Morgan fingerprint density at radius 3 is 2.03 bits per heavy atom. The maximum absolute atomic E-state index is 13.8. The second-order valence-corrected chi connectivity index (χ2v) is 7.58. The molecule has 0 unspecified atom stereocenters. The number of carbonyl (C=O) groups is 2. The van der Waals surface area contributed by atoms with Crippen LogP contribution < -0.4 is 24.8 Å². The molecule has 2 amide bonds. The van der Waals surface area contributed by atoms with Crippen LogP contribution in [0.25, 0.3) is 0 Å². The quantitative estimate of drug-likeness (QED) is 0.672. The van der Waals surface area contributed by atoms with Crippen LogP contribution in [0.4, 0.5) is 20.6 Å². The minimum Gasteiger partial charge on any atom is -0.493 e. The summed E-state index contributed by atoms with van der Waals surface area (Å²) in [6.07, 6.45) is -0.779. The van der Waals surface area contributed by atoms with Crippen LogP contribution in [0.1, 0.15) is 26.3 Å². The lowest BCUT2D eigenvalue weighted by molar-refractivity contribution is -0.115. The van der Waals surface area contributed by atoms with Gasteiger partial charge in [-0.25, -0.2) is 9.18 Å². The maximum atomic E-state index is 13.8. The summed E-state index contributed by atoms with van der Waals surface area (Å²) in [6, 6.07) is 6.91. The molecule has 0 aliphatic rings. The fraction of sp³-hybridized carbons (Fsp3) is 0.364. The fourth-order valence-corrected chi connectivity index (χ4v) is 2.76. The van der Waals surface area contributed by atoms with Crippen molar-refractivity contribution in [3.8, 4) is 17.2 Å².